The van der Waals surface area contributed by atoms with Gasteiger partial charge in [-0.2, -0.15) is 0 Å². The molecule has 0 aromatic carbocycles. The van der Waals surface area contributed by atoms with Crippen LogP contribution in [0.3, 0.4) is 0 Å². The van der Waals surface area contributed by atoms with Gasteiger partial charge < -0.3 is 14.8 Å². The summed E-state index contributed by atoms with van der Waals surface area (Å²) in [4.78, 5) is 27.0. The van der Waals surface area contributed by atoms with Gasteiger partial charge in [0, 0.05) is 5.38 Å². The number of nitrogens with zero attached hydrogens (tertiary/aromatic N) is 1. The maximum Gasteiger partial charge on any atom is 0.328 e. The Kier molecular flexibility index (Phi) is 3.89. The molecule has 2 aromatic rings. The first-order valence-corrected chi connectivity index (χ1v) is 6.79. The van der Waals surface area contributed by atoms with E-state index < -0.39 is 11.5 Å². The van der Waals surface area contributed by atoms with Gasteiger partial charge in [0.15, 0.2) is 10.8 Å². The number of carbonyl (C=O) groups is 2. The molecule has 0 spiro atoms. The van der Waals surface area contributed by atoms with Crippen LogP contribution in [0, 0.1) is 0 Å². The van der Waals surface area contributed by atoms with Gasteiger partial charge in [-0.15, -0.1) is 11.3 Å². The predicted molar refractivity (Wildman–Crippen MR) is 73.4 cm³/mol. The highest BCUT2D eigenvalue weighted by Gasteiger charge is 2.29. The SMILES string of the molecule is CC(C)(NC(=O)Cc1csc(-c2ccco2)n1)C(=O)O. The van der Waals surface area contributed by atoms with Crippen molar-refractivity contribution in [3.63, 3.8) is 0 Å². The molecule has 2 aromatic heterocycles. The van der Waals surface area contributed by atoms with Crippen molar-refractivity contribution >= 4 is 23.2 Å². The minimum Gasteiger partial charge on any atom is -0.480 e. The lowest BCUT2D eigenvalue weighted by Gasteiger charge is -2.20. The highest BCUT2D eigenvalue weighted by molar-refractivity contribution is 7.13. The molecule has 0 fully saturated rings. The second kappa shape index (κ2) is 5.46. The average molecular weight is 294 g/mol. The molecule has 0 aliphatic rings. The van der Waals surface area contributed by atoms with Crippen LogP contribution in [-0.2, 0) is 16.0 Å². The monoisotopic (exact) mass is 294 g/mol. The molecule has 1 amide bonds. The van der Waals surface area contributed by atoms with Crippen molar-refractivity contribution in [2.45, 2.75) is 25.8 Å². The zero-order chi connectivity index (χ0) is 14.8. The minimum atomic E-state index is -1.29. The largest absolute Gasteiger partial charge is 0.480 e. The van der Waals surface area contributed by atoms with Gasteiger partial charge in [-0.05, 0) is 26.0 Å². The first-order chi connectivity index (χ1) is 9.38. The molecule has 20 heavy (non-hydrogen) atoms. The number of nitrogens with one attached hydrogen (secondary N) is 1. The van der Waals surface area contributed by atoms with Crippen LogP contribution in [-0.4, -0.2) is 27.5 Å². The number of furan rings is 1. The predicted octanol–water partition coefficient (Wildman–Crippen LogP) is 1.92. The number of thiazole rings is 1. The van der Waals surface area contributed by atoms with Crippen LogP contribution in [0.4, 0.5) is 0 Å². The minimum absolute atomic E-state index is 0.0356. The summed E-state index contributed by atoms with van der Waals surface area (Å²) in [5, 5.41) is 13.8. The van der Waals surface area contributed by atoms with E-state index in [1.165, 1.54) is 25.2 Å². The summed E-state index contributed by atoms with van der Waals surface area (Å²) in [5.74, 6) is -0.818. The van der Waals surface area contributed by atoms with Crippen molar-refractivity contribution in [1.82, 2.24) is 10.3 Å². The van der Waals surface area contributed by atoms with Crippen molar-refractivity contribution in [3.05, 3.63) is 29.5 Å². The average Bonchev–Trinajstić information content (AvgIpc) is 2.97. The molecular weight excluding hydrogens is 280 g/mol. The topological polar surface area (TPSA) is 92.4 Å². The van der Waals surface area contributed by atoms with Crippen molar-refractivity contribution in [2.75, 3.05) is 0 Å². The quantitative estimate of drug-likeness (QED) is 0.879. The molecule has 2 rings (SSSR count). The second-order valence-electron chi connectivity index (χ2n) is 4.78. The number of amides is 1. The van der Waals surface area contributed by atoms with Gasteiger partial charge in [-0.3, -0.25) is 4.79 Å². The Hall–Kier alpha value is -2.15. The van der Waals surface area contributed by atoms with Crippen LogP contribution in [0.1, 0.15) is 19.5 Å². The van der Waals surface area contributed by atoms with E-state index in [0.29, 0.717) is 16.5 Å². The summed E-state index contributed by atoms with van der Waals surface area (Å²) in [6, 6.07) is 3.55. The molecule has 0 aliphatic heterocycles. The Morgan fingerprint density at radius 2 is 2.25 bits per heavy atom. The van der Waals surface area contributed by atoms with E-state index in [-0.39, 0.29) is 12.3 Å². The van der Waals surface area contributed by atoms with E-state index >= 15 is 0 Å². The molecule has 2 N–H and O–H groups in total. The summed E-state index contributed by atoms with van der Waals surface area (Å²) in [6.07, 6.45) is 1.59. The molecule has 0 radical (unpaired) electrons. The van der Waals surface area contributed by atoms with E-state index in [4.69, 9.17) is 9.52 Å². The number of carboxylic acid groups (broad SMARTS) is 1. The van der Waals surface area contributed by atoms with Crippen LogP contribution in [0.2, 0.25) is 0 Å². The number of aromatic nitrogens is 1. The molecule has 2 heterocycles. The number of hydrogen-bond acceptors (Lipinski definition) is 5. The number of carbonyl (C=O) groups excluding carboxylic acids is 1. The van der Waals surface area contributed by atoms with Crippen molar-refractivity contribution in [2.24, 2.45) is 0 Å². The van der Waals surface area contributed by atoms with E-state index in [1.54, 1.807) is 23.8 Å². The number of aliphatic carboxylic acids is 1. The molecule has 0 bridgehead atoms. The van der Waals surface area contributed by atoms with Crippen LogP contribution in [0.15, 0.2) is 28.2 Å². The van der Waals surface area contributed by atoms with E-state index in [2.05, 4.69) is 10.3 Å². The van der Waals surface area contributed by atoms with E-state index in [0.717, 1.165) is 0 Å². The number of carboxylic acids is 1. The maximum absolute atomic E-state index is 11.8. The van der Waals surface area contributed by atoms with Gasteiger partial charge in [-0.1, -0.05) is 0 Å². The van der Waals surface area contributed by atoms with Crippen molar-refractivity contribution in [1.29, 1.82) is 0 Å². The highest BCUT2D eigenvalue weighted by Crippen LogP contribution is 2.24. The van der Waals surface area contributed by atoms with Gasteiger partial charge in [0.05, 0.1) is 18.4 Å². The normalized spacial score (nSPS) is 11.3. The van der Waals surface area contributed by atoms with Crippen LogP contribution >= 0.6 is 11.3 Å². The van der Waals surface area contributed by atoms with Gasteiger partial charge >= 0.3 is 5.97 Å². The van der Waals surface area contributed by atoms with Gasteiger partial charge in [0.25, 0.3) is 0 Å². The van der Waals surface area contributed by atoms with Gasteiger partial charge in [0.1, 0.15) is 5.54 Å². The molecule has 0 saturated carbocycles. The Balaban J connectivity index is 2.01. The summed E-state index contributed by atoms with van der Waals surface area (Å²) in [6.45, 7) is 2.87. The van der Waals surface area contributed by atoms with Crippen LogP contribution in [0.25, 0.3) is 10.8 Å². The van der Waals surface area contributed by atoms with Crippen molar-refractivity contribution < 1.29 is 19.1 Å². The fourth-order valence-corrected chi connectivity index (χ4v) is 2.30. The Morgan fingerprint density at radius 1 is 1.50 bits per heavy atom. The lowest BCUT2D eigenvalue weighted by Crippen LogP contribution is -2.50. The smallest absolute Gasteiger partial charge is 0.328 e. The molecular formula is C13H14N2O4S. The molecule has 7 heteroatoms. The maximum atomic E-state index is 11.8. The third kappa shape index (κ3) is 3.24. The number of hydrogen-bond donors (Lipinski definition) is 2. The van der Waals surface area contributed by atoms with E-state index in [9.17, 15) is 9.59 Å². The van der Waals surface area contributed by atoms with E-state index in [1.807, 2.05) is 0 Å². The van der Waals surface area contributed by atoms with Crippen LogP contribution < -0.4 is 5.32 Å². The third-order valence-corrected chi connectivity index (χ3v) is 3.52. The summed E-state index contributed by atoms with van der Waals surface area (Å²) < 4.78 is 5.22. The summed E-state index contributed by atoms with van der Waals surface area (Å²) in [7, 11) is 0. The third-order valence-electron chi connectivity index (χ3n) is 2.61. The van der Waals surface area contributed by atoms with Crippen LogP contribution in [0.5, 0.6) is 0 Å². The Bertz CT molecular complexity index is 616. The van der Waals surface area contributed by atoms with Gasteiger partial charge in [-0.25, -0.2) is 9.78 Å². The molecule has 106 valence electrons. The summed E-state index contributed by atoms with van der Waals surface area (Å²) in [5.41, 5.74) is -0.711. The van der Waals surface area contributed by atoms with Crippen molar-refractivity contribution in [3.8, 4) is 10.8 Å². The Labute approximate surface area is 119 Å². The fourth-order valence-electron chi connectivity index (χ4n) is 1.51. The first kappa shape index (κ1) is 14.3. The second-order valence-corrected chi connectivity index (χ2v) is 5.63. The highest BCUT2D eigenvalue weighted by atomic mass is 32.1. The first-order valence-electron chi connectivity index (χ1n) is 5.91. The number of rotatable bonds is 5. The molecule has 0 atom stereocenters. The lowest BCUT2D eigenvalue weighted by atomic mass is 10.1. The lowest BCUT2D eigenvalue weighted by molar-refractivity contribution is -0.145. The zero-order valence-corrected chi connectivity index (χ0v) is 11.9. The molecule has 0 unspecified atom stereocenters. The Morgan fingerprint density at radius 3 is 2.85 bits per heavy atom. The molecule has 6 nitrogen and oxygen atoms in total. The molecule has 0 saturated heterocycles. The standard InChI is InChI=1S/C13H14N2O4S/c1-13(2,12(17)18)15-10(16)6-8-7-20-11(14-8)9-4-3-5-19-9/h3-5,7H,6H2,1-2H3,(H,15,16)(H,17,18). The molecule has 0 aliphatic carbocycles. The zero-order valence-electron chi connectivity index (χ0n) is 11.0. The van der Waals surface area contributed by atoms with Gasteiger partial charge in [0.2, 0.25) is 5.91 Å². The summed E-state index contributed by atoms with van der Waals surface area (Å²) >= 11 is 1.37. The fraction of sp³-hybridized carbons (Fsp3) is 0.308.